The minimum atomic E-state index is -2.16. The van der Waals surface area contributed by atoms with Gasteiger partial charge in [-0.1, -0.05) is 78.3 Å². The lowest BCUT2D eigenvalue weighted by Gasteiger charge is -2.30. The van der Waals surface area contributed by atoms with E-state index in [1.807, 2.05) is 18.2 Å². The minimum Gasteiger partial charge on any atom is -0.508 e. The molecule has 1 aromatic heterocycles. The fraction of sp³-hybridized carbons (Fsp3) is 0.542. The third kappa shape index (κ3) is 34.2. The number of aromatic hydroxyl groups is 1. The molecule has 0 aliphatic rings. The van der Waals surface area contributed by atoms with Crippen molar-refractivity contribution in [3.63, 3.8) is 0 Å². The molecule has 0 aliphatic heterocycles. The summed E-state index contributed by atoms with van der Waals surface area (Å²) < 4.78 is 0. The number of aliphatic carboxylic acids is 3. The van der Waals surface area contributed by atoms with Crippen LogP contribution in [0.2, 0.25) is 0 Å². The molecule has 3 rings (SSSR count). The number of nitrogens with one attached hydrogen (secondary N) is 17. The van der Waals surface area contributed by atoms with Crippen LogP contribution < -0.4 is 91.2 Å². The van der Waals surface area contributed by atoms with Gasteiger partial charge in [0.1, 0.15) is 84.3 Å². The maximum atomic E-state index is 14.2. The van der Waals surface area contributed by atoms with Crippen LogP contribution in [0.25, 0.3) is 10.9 Å². The molecule has 14 atom stereocenters. The van der Waals surface area contributed by atoms with Crippen LogP contribution in [-0.2, 0) is 99.1 Å². The predicted octanol–water partition coefficient (Wildman–Crippen LogP) is -4.69. The SMILES string of the molecule is CC[C@H](C)[C@H](NC(=O)[C@H](CCC(=O)O)NC(=O)[C@@H](NC(=O)[C@H](Cc1c[nH]c2ccccc12)NC(C)=O)C(C)C)C(=O)N[C@@H](CS)C(=O)N[C@@H](C)C(=O)N[C@@H](C)C(=O)N[C@@H](CC(=O)O)C(=O)N[C@@H](CC(=O)O)C(=O)N[C@@H](Cc1ccc(O)cc1)C(=O)NCC(=O)N[C@@H](CCCNC(=N)N)C(=O)N[C@@H](CS)C(=O)N[C@@H](CC(C)C)C(N)=O. The van der Waals surface area contributed by atoms with E-state index in [1.165, 1.54) is 31.2 Å². The van der Waals surface area contributed by atoms with Crippen LogP contribution in [0.15, 0.2) is 54.7 Å². The molecule has 41 nitrogen and oxygen atoms in total. The van der Waals surface area contributed by atoms with Gasteiger partial charge in [0.05, 0.1) is 19.4 Å². The first-order valence-corrected chi connectivity index (χ1v) is 38.0. The molecule has 2 aromatic carbocycles. The Morgan fingerprint density at radius 2 is 0.930 bits per heavy atom. The Balaban J connectivity index is 1.76. The summed E-state index contributed by atoms with van der Waals surface area (Å²) in [5.41, 5.74) is 12.6. The van der Waals surface area contributed by atoms with Gasteiger partial charge in [0.25, 0.3) is 0 Å². The van der Waals surface area contributed by atoms with Crippen LogP contribution in [0.3, 0.4) is 0 Å². The van der Waals surface area contributed by atoms with Gasteiger partial charge in [0, 0.05) is 61.3 Å². The van der Waals surface area contributed by atoms with Crippen LogP contribution >= 0.6 is 25.3 Å². The van der Waals surface area contributed by atoms with Gasteiger partial charge in [-0.15, -0.1) is 0 Å². The lowest BCUT2D eigenvalue weighted by Crippen LogP contribution is -2.61. The van der Waals surface area contributed by atoms with Crippen LogP contribution in [0.1, 0.15) is 125 Å². The van der Waals surface area contributed by atoms with Crippen molar-refractivity contribution in [3.8, 4) is 5.75 Å². The zero-order valence-corrected chi connectivity index (χ0v) is 66.8. The Morgan fingerprint density at radius 1 is 0.478 bits per heavy atom. The number of amides is 15. The lowest BCUT2D eigenvalue weighted by atomic mass is 9.96. The number of benzene rings is 2. The molecule has 25 N–H and O–H groups in total. The Labute approximate surface area is 673 Å². The number of primary amides is 1. The molecule has 0 bridgehead atoms. The second-order valence-corrected chi connectivity index (χ2v) is 28.8. The van der Waals surface area contributed by atoms with E-state index in [9.17, 15) is 107 Å². The molecule has 1 heterocycles. The highest BCUT2D eigenvalue weighted by atomic mass is 32.1. The van der Waals surface area contributed by atoms with Crippen LogP contribution in [0, 0.1) is 23.2 Å². The molecule has 115 heavy (non-hydrogen) atoms. The molecule has 0 saturated heterocycles. The van der Waals surface area contributed by atoms with Crippen molar-refractivity contribution >= 4 is 149 Å². The summed E-state index contributed by atoms with van der Waals surface area (Å²) in [7, 11) is 0. The molecule has 0 aliphatic carbocycles. The number of rotatable bonds is 50. The molecule has 43 heteroatoms. The number of fused-ring (bicyclic) bond motifs is 1. The van der Waals surface area contributed by atoms with Crippen LogP contribution in [0.4, 0.5) is 0 Å². The van der Waals surface area contributed by atoms with Crippen molar-refractivity contribution in [2.75, 3.05) is 24.6 Å². The number of aromatic nitrogens is 1. The molecule has 0 unspecified atom stereocenters. The number of carboxylic acid groups (broad SMARTS) is 3. The maximum absolute atomic E-state index is 14.2. The van der Waals surface area contributed by atoms with E-state index in [0.29, 0.717) is 5.56 Å². The van der Waals surface area contributed by atoms with E-state index in [4.69, 9.17) is 16.9 Å². The number of carbonyl (C=O) groups is 18. The highest BCUT2D eigenvalue weighted by Crippen LogP contribution is 2.21. The number of phenols is 1. The third-order valence-electron chi connectivity index (χ3n) is 17.7. The fourth-order valence-electron chi connectivity index (χ4n) is 11.2. The number of guanidine groups is 1. The first kappa shape index (κ1) is 97.4. The van der Waals surface area contributed by atoms with Gasteiger partial charge in [0.2, 0.25) is 88.6 Å². The normalized spacial score (nSPS) is 14.7. The number of para-hydroxylation sites is 1. The molecular weight excluding hydrogens is 1550 g/mol. The molecular formula is C72H107N19O22S2. The van der Waals surface area contributed by atoms with Gasteiger partial charge in [-0.25, -0.2) is 0 Å². The molecule has 3 aromatic rings. The standard InChI is InChI=1S/C72H107N19O22S2/c1-10-35(6)58(91-64(106)45(21-22-54(95)96)83-70(112)57(34(4)5)90-67(109)48(81-38(9)92)26-40-29-77-43-15-12-11-14-42(40)43)71(113)89-51(31-114)68(110)80-36(7)60(102)79-37(8)61(103)85-49(27-55(97)98)65(107)87-50(28-56(99)100)66(108)86-47(25-39-17-19-41(93)20-18-39)62(104)78-30-53(94)82-44(16-13-23-76-72(74)75)63(105)88-52(32-115)69(111)84-46(59(73)101)24-33(2)3/h11-12,14-15,17-20,29,33-37,44-52,57-58,77,93,114-115H,10,13,16,21-28,30-32H2,1-9H3,(H2,73,101)(H,78,104)(H,79,102)(H,80,110)(H,81,92)(H,82,94)(H,83,112)(H,84,111)(H,85,103)(H,86,108)(H,87,107)(H,88,105)(H,89,113)(H,90,109)(H,91,106)(H,95,96)(H,97,98)(H,99,100)(H4,74,75,76)/t35-,36-,37-,44-,45-,46-,47-,48-,49-,50-,51-,52-,57-,58-/m0/s1. The van der Waals surface area contributed by atoms with Gasteiger partial charge < -0.3 is 117 Å². The number of H-pyrrole nitrogens is 1. The number of hydrogen-bond acceptors (Lipinski definition) is 22. The number of aromatic amines is 1. The largest absolute Gasteiger partial charge is 0.508 e. The average Bonchev–Trinajstić information content (AvgIpc) is 1.72. The Kier molecular flexibility index (Phi) is 40.9. The van der Waals surface area contributed by atoms with Crippen LogP contribution in [-0.4, -0.2) is 241 Å². The molecule has 0 spiro atoms. The summed E-state index contributed by atoms with van der Waals surface area (Å²) in [6.07, 6.45) is -2.07. The molecule has 634 valence electrons. The average molecular weight is 1650 g/mol. The van der Waals surface area contributed by atoms with Crippen molar-refractivity contribution in [2.24, 2.45) is 29.2 Å². The highest BCUT2D eigenvalue weighted by Gasteiger charge is 2.39. The van der Waals surface area contributed by atoms with Crippen molar-refractivity contribution < 1.29 is 107 Å². The van der Waals surface area contributed by atoms with E-state index in [1.54, 1.807) is 53.8 Å². The topological polar surface area (TPSA) is 660 Å². The van der Waals surface area contributed by atoms with Crippen molar-refractivity contribution in [1.82, 2.24) is 84.7 Å². The summed E-state index contributed by atoms with van der Waals surface area (Å²) in [5, 5.41) is 83.6. The molecule has 0 radical (unpaired) electrons. The fourth-order valence-corrected chi connectivity index (χ4v) is 11.7. The quantitative estimate of drug-likeness (QED) is 0.0109. The maximum Gasteiger partial charge on any atom is 0.305 e. The summed E-state index contributed by atoms with van der Waals surface area (Å²) in [6.45, 7) is 12.5. The molecule has 15 amide bonds. The van der Waals surface area contributed by atoms with Gasteiger partial charge >= 0.3 is 17.9 Å². The summed E-state index contributed by atoms with van der Waals surface area (Å²) >= 11 is 8.36. The van der Waals surface area contributed by atoms with Gasteiger partial charge in [-0.05, 0) is 86.6 Å². The van der Waals surface area contributed by atoms with E-state index in [-0.39, 0.29) is 61.6 Å². The number of nitrogens with two attached hydrogens (primary N) is 2. The van der Waals surface area contributed by atoms with E-state index < -0.39 is 247 Å². The van der Waals surface area contributed by atoms with Gasteiger partial charge in [-0.3, -0.25) is 91.7 Å². The Hall–Kier alpha value is -11.8. The van der Waals surface area contributed by atoms with Gasteiger partial charge in [0.15, 0.2) is 5.96 Å². The van der Waals surface area contributed by atoms with E-state index >= 15 is 0 Å². The highest BCUT2D eigenvalue weighted by molar-refractivity contribution is 7.80. The number of carboxylic acids is 3. The number of thiol groups is 2. The van der Waals surface area contributed by atoms with Crippen molar-refractivity contribution in [1.29, 1.82) is 5.41 Å². The first-order valence-electron chi connectivity index (χ1n) is 36.7. The second-order valence-electron chi connectivity index (χ2n) is 28.0. The van der Waals surface area contributed by atoms with Crippen molar-refractivity contribution in [3.05, 3.63) is 65.9 Å². The Morgan fingerprint density at radius 3 is 1.46 bits per heavy atom. The zero-order chi connectivity index (χ0) is 86.7. The monoisotopic (exact) mass is 1650 g/mol. The summed E-state index contributed by atoms with van der Waals surface area (Å²) in [6, 6.07) is -8.02. The summed E-state index contributed by atoms with van der Waals surface area (Å²) in [4.78, 5) is 244. The number of phenolic OH excluding ortho intramolecular Hbond substituents is 1. The number of carbonyl (C=O) groups excluding carboxylic acids is 15. The Bertz CT molecular complexity index is 3980. The lowest BCUT2D eigenvalue weighted by molar-refractivity contribution is -0.143. The molecule has 0 fully saturated rings. The van der Waals surface area contributed by atoms with Gasteiger partial charge in [-0.2, -0.15) is 25.3 Å². The minimum absolute atomic E-state index is 0.00812. The van der Waals surface area contributed by atoms with E-state index in [2.05, 4.69) is 110 Å². The van der Waals surface area contributed by atoms with Crippen LogP contribution in [0.5, 0.6) is 5.75 Å². The van der Waals surface area contributed by atoms with Crippen molar-refractivity contribution in [2.45, 2.75) is 205 Å². The number of hydrogen-bond donors (Lipinski definition) is 25. The van der Waals surface area contributed by atoms with E-state index in [0.717, 1.165) is 24.8 Å². The first-order chi connectivity index (χ1) is 54.0. The smallest absolute Gasteiger partial charge is 0.305 e. The second kappa shape index (κ2) is 48.3. The predicted molar refractivity (Wildman–Crippen MR) is 420 cm³/mol. The zero-order valence-electron chi connectivity index (χ0n) is 65.0. The summed E-state index contributed by atoms with van der Waals surface area (Å²) in [5.74, 6) is -22.8. The molecule has 0 saturated carbocycles. The third-order valence-corrected chi connectivity index (χ3v) is 18.4.